The molecule has 3 fully saturated rings. The molecule has 0 radical (unpaired) electrons. The number of rotatable bonds is 5. The highest BCUT2D eigenvalue weighted by molar-refractivity contribution is 7.89. The molecule has 1 aromatic carbocycles. The molecular formula is C26H41N3O3S. The van der Waals surface area contributed by atoms with Crippen LogP contribution in [0.2, 0.25) is 0 Å². The van der Waals surface area contributed by atoms with Crippen molar-refractivity contribution in [3.63, 3.8) is 0 Å². The Balaban J connectivity index is 1.42. The van der Waals surface area contributed by atoms with Gasteiger partial charge in [-0.05, 0) is 87.1 Å². The average molecular weight is 476 g/mol. The summed E-state index contributed by atoms with van der Waals surface area (Å²) in [5.74, 6) is 1.98. The molecular weight excluding hydrogens is 434 g/mol. The molecule has 3 saturated heterocycles. The highest BCUT2D eigenvalue weighted by Crippen LogP contribution is 2.28. The van der Waals surface area contributed by atoms with Gasteiger partial charge >= 0.3 is 0 Å². The Labute approximate surface area is 200 Å². The summed E-state index contributed by atoms with van der Waals surface area (Å²) in [5, 5.41) is 0. The highest BCUT2D eigenvalue weighted by Gasteiger charge is 2.33. The van der Waals surface area contributed by atoms with Crippen molar-refractivity contribution in [2.75, 3.05) is 45.8 Å². The zero-order valence-electron chi connectivity index (χ0n) is 20.6. The summed E-state index contributed by atoms with van der Waals surface area (Å²) in [6, 6.07) is 6.70. The first-order valence-electron chi connectivity index (χ1n) is 12.8. The fourth-order valence-electron chi connectivity index (χ4n) is 5.93. The lowest BCUT2D eigenvalue weighted by Gasteiger charge is -2.38. The van der Waals surface area contributed by atoms with Gasteiger partial charge in [0.1, 0.15) is 0 Å². The van der Waals surface area contributed by atoms with E-state index in [1.807, 2.05) is 4.90 Å². The molecule has 0 saturated carbocycles. The number of piperidine rings is 3. The largest absolute Gasteiger partial charge is 0.338 e. The van der Waals surface area contributed by atoms with Crippen LogP contribution in [0.25, 0.3) is 0 Å². The van der Waals surface area contributed by atoms with E-state index in [1.54, 1.807) is 28.6 Å². The summed E-state index contributed by atoms with van der Waals surface area (Å²) in [7, 11) is -3.59. The molecule has 1 amide bonds. The van der Waals surface area contributed by atoms with Crippen LogP contribution in [-0.4, -0.2) is 74.2 Å². The molecule has 1 aromatic rings. The molecule has 3 atom stereocenters. The molecule has 33 heavy (non-hydrogen) atoms. The quantitative estimate of drug-likeness (QED) is 0.647. The zero-order chi connectivity index (χ0) is 23.6. The number of nitrogens with zero attached hydrogens (tertiary/aromatic N) is 3. The van der Waals surface area contributed by atoms with Crippen LogP contribution in [0.4, 0.5) is 0 Å². The van der Waals surface area contributed by atoms with E-state index in [0.29, 0.717) is 36.4 Å². The second-order valence-electron chi connectivity index (χ2n) is 11.0. The zero-order valence-corrected chi connectivity index (χ0v) is 21.4. The summed E-state index contributed by atoms with van der Waals surface area (Å²) < 4.78 is 28.2. The molecule has 0 bridgehead atoms. The van der Waals surface area contributed by atoms with Crippen molar-refractivity contribution in [3.05, 3.63) is 29.8 Å². The predicted molar refractivity (Wildman–Crippen MR) is 132 cm³/mol. The first-order chi connectivity index (χ1) is 15.7. The number of sulfonamides is 1. The maximum absolute atomic E-state index is 13.3. The summed E-state index contributed by atoms with van der Waals surface area (Å²) in [6.07, 6.45) is 5.77. The average Bonchev–Trinajstić information content (AvgIpc) is 2.80. The Hall–Kier alpha value is -1.44. The first kappa shape index (κ1) is 24.7. The van der Waals surface area contributed by atoms with Gasteiger partial charge in [-0.25, -0.2) is 8.42 Å². The Morgan fingerprint density at radius 2 is 1.64 bits per heavy atom. The van der Waals surface area contributed by atoms with Gasteiger partial charge in [-0.3, -0.25) is 4.79 Å². The molecule has 0 aliphatic carbocycles. The van der Waals surface area contributed by atoms with Gasteiger partial charge < -0.3 is 9.80 Å². The van der Waals surface area contributed by atoms with Crippen molar-refractivity contribution in [3.8, 4) is 0 Å². The van der Waals surface area contributed by atoms with E-state index in [2.05, 4.69) is 25.7 Å². The Bertz CT molecular complexity index is 916. The minimum Gasteiger partial charge on any atom is -0.338 e. The van der Waals surface area contributed by atoms with Crippen molar-refractivity contribution >= 4 is 15.9 Å². The first-order valence-corrected chi connectivity index (χ1v) is 14.3. The van der Waals surface area contributed by atoms with E-state index in [-0.39, 0.29) is 10.8 Å². The summed E-state index contributed by atoms with van der Waals surface area (Å²) in [5.41, 5.74) is 0.488. The molecule has 0 N–H and O–H groups in total. The summed E-state index contributed by atoms with van der Waals surface area (Å²) in [6.45, 7) is 12.6. The van der Waals surface area contributed by atoms with Gasteiger partial charge in [0.25, 0.3) is 5.91 Å². The van der Waals surface area contributed by atoms with Crippen LogP contribution in [0.3, 0.4) is 0 Å². The van der Waals surface area contributed by atoms with E-state index < -0.39 is 10.0 Å². The molecule has 3 heterocycles. The van der Waals surface area contributed by atoms with E-state index in [4.69, 9.17) is 0 Å². The standard InChI is InChI=1S/C26H41N3O3S/c1-20-9-12-27(13-10-20)18-23-6-5-11-28(19-23)26(30)24-7-4-8-25(15-24)33(31,32)29-16-21(2)14-22(3)17-29/h4,7-8,15,20-23H,5-6,9-14,16-19H2,1-3H3. The molecule has 6 nitrogen and oxygen atoms in total. The van der Waals surface area contributed by atoms with Gasteiger partial charge in [0, 0.05) is 38.3 Å². The second kappa shape index (κ2) is 10.4. The van der Waals surface area contributed by atoms with Crippen molar-refractivity contribution in [1.82, 2.24) is 14.1 Å². The molecule has 7 heteroatoms. The second-order valence-corrected chi connectivity index (χ2v) is 13.0. The molecule has 3 aliphatic heterocycles. The van der Waals surface area contributed by atoms with E-state index in [0.717, 1.165) is 44.8 Å². The molecule has 0 aromatic heterocycles. The number of carbonyl (C=O) groups is 1. The van der Waals surface area contributed by atoms with Crippen LogP contribution in [0.5, 0.6) is 0 Å². The smallest absolute Gasteiger partial charge is 0.253 e. The van der Waals surface area contributed by atoms with Crippen molar-refractivity contribution < 1.29 is 13.2 Å². The van der Waals surface area contributed by atoms with Gasteiger partial charge in [-0.15, -0.1) is 0 Å². The third kappa shape index (κ3) is 5.98. The van der Waals surface area contributed by atoms with Crippen LogP contribution in [0, 0.1) is 23.7 Å². The predicted octanol–water partition coefficient (Wildman–Crippen LogP) is 3.94. The molecule has 4 rings (SSSR count). The van der Waals surface area contributed by atoms with Gasteiger partial charge in [0.2, 0.25) is 10.0 Å². The van der Waals surface area contributed by atoms with Crippen LogP contribution in [-0.2, 0) is 10.0 Å². The monoisotopic (exact) mass is 475 g/mol. The Kier molecular flexibility index (Phi) is 7.81. The highest BCUT2D eigenvalue weighted by atomic mass is 32.2. The normalized spacial score (nSPS) is 28.7. The van der Waals surface area contributed by atoms with Crippen LogP contribution >= 0.6 is 0 Å². The maximum atomic E-state index is 13.3. The van der Waals surface area contributed by atoms with E-state index in [9.17, 15) is 13.2 Å². The number of benzene rings is 1. The fourth-order valence-corrected chi connectivity index (χ4v) is 7.66. The number of hydrogen-bond donors (Lipinski definition) is 0. The SMILES string of the molecule is CC1CCN(CC2CCCN(C(=O)c3cccc(S(=O)(=O)N4CC(C)CC(C)C4)c3)C2)CC1. The summed E-state index contributed by atoms with van der Waals surface area (Å²) in [4.78, 5) is 18.1. The lowest BCUT2D eigenvalue weighted by Crippen LogP contribution is -2.45. The number of likely N-dealkylation sites (tertiary alicyclic amines) is 2. The Morgan fingerprint density at radius 3 is 2.33 bits per heavy atom. The molecule has 3 unspecified atom stereocenters. The molecule has 184 valence electrons. The van der Waals surface area contributed by atoms with Crippen LogP contribution in [0.15, 0.2) is 29.2 Å². The van der Waals surface area contributed by atoms with Crippen molar-refractivity contribution in [2.24, 2.45) is 23.7 Å². The third-order valence-electron chi connectivity index (χ3n) is 7.75. The van der Waals surface area contributed by atoms with Gasteiger partial charge in [0.05, 0.1) is 4.90 Å². The van der Waals surface area contributed by atoms with Crippen molar-refractivity contribution in [1.29, 1.82) is 0 Å². The third-order valence-corrected chi connectivity index (χ3v) is 9.58. The van der Waals surface area contributed by atoms with Gasteiger partial charge in [-0.2, -0.15) is 4.31 Å². The lowest BCUT2D eigenvalue weighted by molar-refractivity contribution is 0.0622. The maximum Gasteiger partial charge on any atom is 0.253 e. The minimum absolute atomic E-state index is 0.0376. The number of amides is 1. The van der Waals surface area contributed by atoms with E-state index in [1.165, 1.54) is 25.9 Å². The summed E-state index contributed by atoms with van der Waals surface area (Å²) >= 11 is 0. The number of carbonyl (C=O) groups excluding carboxylic acids is 1. The van der Waals surface area contributed by atoms with Crippen LogP contribution in [0.1, 0.15) is 63.2 Å². The van der Waals surface area contributed by atoms with E-state index >= 15 is 0 Å². The van der Waals surface area contributed by atoms with Crippen molar-refractivity contribution in [2.45, 2.75) is 57.8 Å². The molecule has 3 aliphatic rings. The fraction of sp³-hybridized carbons (Fsp3) is 0.731. The van der Waals surface area contributed by atoms with Gasteiger partial charge in [-0.1, -0.05) is 26.8 Å². The minimum atomic E-state index is -3.59. The lowest BCUT2D eigenvalue weighted by atomic mass is 9.94. The topological polar surface area (TPSA) is 60.9 Å². The van der Waals surface area contributed by atoms with Gasteiger partial charge in [0.15, 0.2) is 0 Å². The molecule has 0 spiro atoms. The van der Waals surface area contributed by atoms with Crippen LogP contribution < -0.4 is 0 Å². The Morgan fingerprint density at radius 1 is 0.939 bits per heavy atom. The number of hydrogen-bond acceptors (Lipinski definition) is 4.